The van der Waals surface area contributed by atoms with Gasteiger partial charge in [-0.2, -0.15) is 0 Å². The van der Waals surface area contributed by atoms with E-state index in [-0.39, 0.29) is 5.91 Å². The van der Waals surface area contributed by atoms with E-state index in [9.17, 15) is 4.79 Å². The van der Waals surface area contributed by atoms with Gasteiger partial charge in [0.25, 0.3) is 5.91 Å². The number of carbonyl (C=O) groups excluding carboxylic acids is 1. The third kappa shape index (κ3) is 3.75. The van der Waals surface area contributed by atoms with Crippen LogP contribution in [-0.2, 0) is 6.42 Å². The van der Waals surface area contributed by atoms with Crippen LogP contribution in [0.3, 0.4) is 0 Å². The lowest BCUT2D eigenvalue weighted by Crippen LogP contribution is -2.29. The summed E-state index contributed by atoms with van der Waals surface area (Å²) in [7, 11) is 0. The number of aromatic nitrogens is 3. The molecule has 0 aliphatic heterocycles. The highest BCUT2D eigenvalue weighted by Crippen LogP contribution is 2.17. The minimum atomic E-state index is -0.191. The predicted molar refractivity (Wildman–Crippen MR) is 94.8 cm³/mol. The molecule has 3 heterocycles. The summed E-state index contributed by atoms with van der Waals surface area (Å²) in [5, 5.41) is 0. The van der Waals surface area contributed by atoms with Crippen molar-refractivity contribution in [2.45, 2.75) is 20.3 Å². The Morgan fingerprint density at radius 3 is 2.75 bits per heavy atom. The molecule has 6 nitrogen and oxygen atoms in total. The first kappa shape index (κ1) is 16.1. The van der Waals surface area contributed by atoms with Crippen LogP contribution in [0.5, 0.6) is 0 Å². The van der Waals surface area contributed by atoms with Gasteiger partial charge in [-0.3, -0.25) is 20.6 Å². The van der Waals surface area contributed by atoms with E-state index >= 15 is 0 Å². The van der Waals surface area contributed by atoms with Crippen molar-refractivity contribution in [3.63, 3.8) is 0 Å². The van der Waals surface area contributed by atoms with Gasteiger partial charge in [-0.1, -0.05) is 13.0 Å². The number of nitrogens with one attached hydrogen (secondary N) is 2. The molecule has 0 bridgehead atoms. The Hall–Kier alpha value is -2.80. The maximum absolute atomic E-state index is 12.1. The maximum atomic E-state index is 12.1. The highest BCUT2D eigenvalue weighted by atomic mass is 32.1. The smallest absolute Gasteiger partial charge is 0.279 e. The number of anilines is 1. The molecule has 0 radical (unpaired) electrons. The van der Waals surface area contributed by atoms with Gasteiger partial charge in [0.15, 0.2) is 5.82 Å². The van der Waals surface area contributed by atoms with Gasteiger partial charge in [0.1, 0.15) is 11.5 Å². The summed E-state index contributed by atoms with van der Waals surface area (Å²) in [6.45, 7) is 3.98. The largest absolute Gasteiger partial charge is 0.281 e. The predicted octanol–water partition coefficient (Wildman–Crippen LogP) is 3.23. The first-order chi connectivity index (χ1) is 11.7. The van der Waals surface area contributed by atoms with Gasteiger partial charge < -0.3 is 0 Å². The Bertz CT molecular complexity index is 847. The van der Waals surface area contributed by atoms with E-state index in [1.165, 1.54) is 11.3 Å². The van der Waals surface area contributed by atoms with E-state index in [1.807, 2.05) is 44.2 Å². The zero-order valence-electron chi connectivity index (χ0n) is 13.4. The van der Waals surface area contributed by atoms with Gasteiger partial charge in [0.05, 0.1) is 4.88 Å². The third-order valence-electron chi connectivity index (χ3n) is 3.30. The Labute approximate surface area is 144 Å². The van der Waals surface area contributed by atoms with E-state index in [1.54, 1.807) is 12.3 Å². The molecular formula is C17H17N5OS. The summed E-state index contributed by atoms with van der Waals surface area (Å²) in [5.74, 6) is 0.868. The number of carbonyl (C=O) groups is 1. The monoisotopic (exact) mass is 339 g/mol. The minimum absolute atomic E-state index is 0.191. The molecule has 3 aromatic rings. The fourth-order valence-corrected chi connectivity index (χ4v) is 2.85. The zero-order valence-corrected chi connectivity index (χ0v) is 14.2. The van der Waals surface area contributed by atoms with Gasteiger partial charge in [-0.25, -0.2) is 9.97 Å². The van der Waals surface area contributed by atoms with Gasteiger partial charge in [0, 0.05) is 22.8 Å². The molecule has 0 aliphatic carbocycles. The first-order valence-corrected chi connectivity index (χ1v) is 8.39. The van der Waals surface area contributed by atoms with E-state index in [4.69, 9.17) is 0 Å². The Morgan fingerprint density at radius 2 is 2.08 bits per heavy atom. The number of hydrazine groups is 1. The summed E-state index contributed by atoms with van der Waals surface area (Å²) < 4.78 is 0. The number of nitrogens with zero attached hydrogens (tertiary/aromatic N) is 3. The van der Waals surface area contributed by atoms with Crippen LogP contribution in [0.4, 0.5) is 5.82 Å². The van der Waals surface area contributed by atoms with Gasteiger partial charge >= 0.3 is 0 Å². The van der Waals surface area contributed by atoms with E-state index < -0.39 is 0 Å². The van der Waals surface area contributed by atoms with Crippen LogP contribution in [0.15, 0.2) is 42.6 Å². The molecule has 7 heteroatoms. The highest BCUT2D eigenvalue weighted by Gasteiger charge is 2.10. The molecule has 0 fully saturated rings. The molecule has 3 aromatic heterocycles. The van der Waals surface area contributed by atoms with Gasteiger partial charge in [-0.15, -0.1) is 11.3 Å². The summed E-state index contributed by atoms with van der Waals surface area (Å²) in [6.07, 6.45) is 2.46. The molecule has 3 rings (SSSR count). The summed E-state index contributed by atoms with van der Waals surface area (Å²) in [5.41, 5.74) is 7.10. The third-order valence-corrected chi connectivity index (χ3v) is 4.30. The molecule has 0 aliphatic rings. The standard InChI is InChI=1S/C17H17N5OS/c1-3-12-10-15(20-16(19-12)13-6-4-5-9-18-13)21-22-17(23)14-8-7-11(2)24-14/h4-10H,3H2,1-2H3,(H,22,23)(H,19,20,21). The molecule has 0 aromatic carbocycles. The fraction of sp³-hybridized carbons (Fsp3) is 0.176. The van der Waals surface area contributed by atoms with Crippen molar-refractivity contribution in [2.75, 3.05) is 5.43 Å². The van der Waals surface area contributed by atoms with Crippen LogP contribution < -0.4 is 10.9 Å². The van der Waals surface area contributed by atoms with Crippen LogP contribution in [0.1, 0.15) is 27.2 Å². The fourth-order valence-electron chi connectivity index (χ4n) is 2.09. The Balaban J connectivity index is 1.79. The second kappa shape index (κ2) is 7.18. The SMILES string of the molecule is CCc1cc(NNC(=O)c2ccc(C)s2)nc(-c2ccccn2)n1. The summed E-state index contributed by atoms with van der Waals surface area (Å²) in [4.78, 5) is 27.0. The molecule has 122 valence electrons. The van der Waals surface area contributed by atoms with Crippen LogP contribution in [-0.4, -0.2) is 20.9 Å². The van der Waals surface area contributed by atoms with E-state index in [0.29, 0.717) is 22.2 Å². The minimum Gasteiger partial charge on any atom is -0.281 e. The number of amides is 1. The zero-order chi connectivity index (χ0) is 16.9. The molecule has 2 N–H and O–H groups in total. The molecule has 0 saturated carbocycles. The lowest BCUT2D eigenvalue weighted by molar-refractivity contribution is 0.0966. The van der Waals surface area contributed by atoms with Crippen LogP contribution in [0.25, 0.3) is 11.5 Å². The van der Waals surface area contributed by atoms with Gasteiger partial charge in [0.2, 0.25) is 0 Å². The quantitative estimate of drug-likeness (QED) is 0.698. The maximum Gasteiger partial charge on any atom is 0.279 e. The molecular weight excluding hydrogens is 322 g/mol. The second-order valence-corrected chi connectivity index (χ2v) is 6.41. The van der Waals surface area contributed by atoms with Crippen LogP contribution >= 0.6 is 11.3 Å². The average Bonchev–Trinajstić information content (AvgIpc) is 3.06. The number of aryl methyl sites for hydroxylation is 2. The molecule has 0 unspecified atom stereocenters. The van der Waals surface area contributed by atoms with Crippen molar-refractivity contribution in [2.24, 2.45) is 0 Å². The Kier molecular flexibility index (Phi) is 4.81. The van der Waals surface area contributed by atoms with E-state index in [2.05, 4.69) is 25.8 Å². The number of hydrogen-bond acceptors (Lipinski definition) is 6. The molecule has 0 spiro atoms. The van der Waals surface area contributed by atoms with Crippen molar-refractivity contribution in [1.82, 2.24) is 20.4 Å². The summed E-state index contributed by atoms with van der Waals surface area (Å²) >= 11 is 1.44. The molecule has 0 saturated heterocycles. The van der Waals surface area contributed by atoms with Crippen molar-refractivity contribution in [1.29, 1.82) is 0 Å². The number of hydrogen-bond donors (Lipinski definition) is 2. The molecule has 24 heavy (non-hydrogen) atoms. The molecule has 1 amide bonds. The Morgan fingerprint density at radius 1 is 1.21 bits per heavy atom. The number of rotatable bonds is 5. The summed E-state index contributed by atoms with van der Waals surface area (Å²) in [6, 6.07) is 11.1. The lowest BCUT2D eigenvalue weighted by Gasteiger charge is -2.10. The average molecular weight is 339 g/mol. The molecule has 0 atom stereocenters. The van der Waals surface area contributed by atoms with Crippen LogP contribution in [0.2, 0.25) is 0 Å². The van der Waals surface area contributed by atoms with Crippen molar-refractivity contribution in [3.8, 4) is 11.5 Å². The highest BCUT2D eigenvalue weighted by molar-refractivity contribution is 7.13. The normalized spacial score (nSPS) is 10.4. The number of thiophene rings is 1. The van der Waals surface area contributed by atoms with Crippen molar-refractivity contribution < 1.29 is 4.79 Å². The number of pyridine rings is 1. The first-order valence-electron chi connectivity index (χ1n) is 7.58. The topological polar surface area (TPSA) is 79.8 Å². The van der Waals surface area contributed by atoms with Crippen molar-refractivity contribution >= 4 is 23.1 Å². The van der Waals surface area contributed by atoms with Crippen molar-refractivity contribution in [3.05, 3.63) is 58.0 Å². The lowest BCUT2D eigenvalue weighted by atomic mass is 10.3. The second-order valence-electron chi connectivity index (χ2n) is 5.13. The van der Waals surface area contributed by atoms with Crippen LogP contribution in [0, 0.1) is 6.92 Å². The van der Waals surface area contributed by atoms with Gasteiger partial charge in [-0.05, 0) is 37.6 Å². The van der Waals surface area contributed by atoms with E-state index in [0.717, 1.165) is 17.0 Å².